The number of hydrogen-bond donors (Lipinski definition) is 0. The summed E-state index contributed by atoms with van der Waals surface area (Å²) in [6.45, 7) is 3.59. The molecule has 0 atom stereocenters. The maximum atomic E-state index is 12.3. The van der Waals surface area contributed by atoms with Crippen LogP contribution < -0.4 is 4.90 Å². The lowest BCUT2D eigenvalue weighted by molar-refractivity contribution is 0.155. The minimum absolute atomic E-state index is 0.279. The molecule has 0 unspecified atom stereocenters. The van der Waals surface area contributed by atoms with Crippen molar-refractivity contribution in [2.45, 2.75) is 20.3 Å². The summed E-state index contributed by atoms with van der Waals surface area (Å²) in [6, 6.07) is 0. The molecule has 1 aromatic heterocycles. The highest BCUT2D eigenvalue weighted by atomic mass is 35.5. The summed E-state index contributed by atoms with van der Waals surface area (Å²) < 4.78 is 24.7. The molecule has 0 aliphatic rings. The van der Waals surface area contributed by atoms with Crippen LogP contribution in [0.2, 0.25) is 0 Å². The van der Waals surface area contributed by atoms with E-state index in [0.29, 0.717) is 12.4 Å². The molecular weight excluding hydrogens is 236 g/mol. The lowest BCUT2D eigenvalue weighted by Gasteiger charge is -2.22. The Kier molecular flexibility index (Phi) is 4.86. The monoisotopic (exact) mass is 249 g/mol. The average Bonchev–Trinajstić information content (AvgIpc) is 2.21. The van der Waals surface area contributed by atoms with E-state index in [4.69, 9.17) is 11.6 Å². The van der Waals surface area contributed by atoms with Gasteiger partial charge in [0.25, 0.3) is 6.43 Å². The molecule has 1 rings (SSSR count). The molecular formula is C10H14ClF2N3. The number of alkyl halides is 3. The first-order chi connectivity index (χ1) is 7.54. The summed E-state index contributed by atoms with van der Waals surface area (Å²) in [5.41, 5.74) is 1.54. The van der Waals surface area contributed by atoms with Gasteiger partial charge in [0, 0.05) is 12.4 Å². The predicted molar refractivity (Wildman–Crippen MR) is 60.4 cm³/mol. The standard InChI is InChI=1S/C10H14ClF2N3/c1-7-8(2)15-10(5-14-7)16(4-3-11)6-9(12)13/h5,9H,3-4,6H2,1-2H3. The van der Waals surface area contributed by atoms with Gasteiger partial charge in [0.05, 0.1) is 24.1 Å². The van der Waals surface area contributed by atoms with Crippen LogP contribution in [0.4, 0.5) is 14.6 Å². The molecule has 90 valence electrons. The summed E-state index contributed by atoms with van der Waals surface area (Å²) in [5.74, 6) is 0.727. The number of anilines is 1. The van der Waals surface area contributed by atoms with Crippen LogP contribution in [0, 0.1) is 13.8 Å². The normalized spacial score (nSPS) is 10.9. The van der Waals surface area contributed by atoms with E-state index in [1.165, 1.54) is 11.1 Å². The lowest BCUT2D eigenvalue weighted by atomic mass is 10.3. The third-order valence-corrected chi connectivity index (χ3v) is 2.39. The highest BCUT2D eigenvalue weighted by molar-refractivity contribution is 6.18. The van der Waals surface area contributed by atoms with Gasteiger partial charge in [0.15, 0.2) is 0 Å². The van der Waals surface area contributed by atoms with Crippen molar-refractivity contribution in [2.75, 3.05) is 23.9 Å². The van der Waals surface area contributed by atoms with E-state index in [1.54, 1.807) is 6.92 Å². The van der Waals surface area contributed by atoms with Crippen LogP contribution in [-0.4, -0.2) is 35.4 Å². The summed E-state index contributed by atoms with van der Waals surface area (Å²) in [5, 5.41) is 0. The predicted octanol–water partition coefficient (Wildman–Crippen LogP) is 2.40. The Balaban J connectivity index is 2.87. The summed E-state index contributed by atoms with van der Waals surface area (Å²) in [7, 11) is 0. The molecule has 0 bridgehead atoms. The minimum atomic E-state index is -2.41. The maximum Gasteiger partial charge on any atom is 0.255 e. The molecule has 0 aliphatic heterocycles. The van der Waals surface area contributed by atoms with Crippen molar-refractivity contribution in [1.29, 1.82) is 0 Å². The van der Waals surface area contributed by atoms with Crippen molar-refractivity contribution >= 4 is 17.4 Å². The Bertz CT molecular complexity index is 347. The van der Waals surface area contributed by atoms with Gasteiger partial charge in [0.2, 0.25) is 0 Å². The Hall–Kier alpha value is -0.970. The fraction of sp³-hybridized carbons (Fsp3) is 0.600. The van der Waals surface area contributed by atoms with Crippen molar-refractivity contribution in [3.05, 3.63) is 17.6 Å². The fourth-order valence-electron chi connectivity index (χ4n) is 1.25. The van der Waals surface area contributed by atoms with Gasteiger partial charge >= 0.3 is 0 Å². The van der Waals surface area contributed by atoms with E-state index in [9.17, 15) is 8.78 Å². The van der Waals surface area contributed by atoms with E-state index in [0.717, 1.165) is 11.4 Å². The van der Waals surface area contributed by atoms with Gasteiger partial charge in [-0.15, -0.1) is 11.6 Å². The van der Waals surface area contributed by atoms with E-state index >= 15 is 0 Å². The molecule has 0 saturated heterocycles. The van der Waals surface area contributed by atoms with Crippen molar-refractivity contribution in [2.24, 2.45) is 0 Å². The van der Waals surface area contributed by atoms with E-state index in [2.05, 4.69) is 9.97 Å². The summed E-state index contributed by atoms with van der Waals surface area (Å²) >= 11 is 5.57. The second kappa shape index (κ2) is 5.94. The molecule has 16 heavy (non-hydrogen) atoms. The molecule has 0 spiro atoms. The average molecular weight is 250 g/mol. The van der Waals surface area contributed by atoms with Crippen LogP contribution in [0.25, 0.3) is 0 Å². The third-order valence-electron chi connectivity index (χ3n) is 2.22. The van der Waals surface area contributed by atoms with Crippen molar-refractivity contribution in [3.8, 4) is 0 Å². The molecule has 0 saturated carbocycles. The first-order valence-corrected chi connectivity index (χ1v) is 5.47. The van der Waals surface area contributed by atoms with Gasteiger partial charge < -0.3 is 4.90 Å². The van der Waals surface area contributed by atoms with E-state index in [-0.39, 0.29) is 12.4 Å². The van der Waals surface area contributed by atoms with Crippen LogP contribution in [-0.2, 0) is 0 Å². The van der Waals surface area contributed by atoms with Crippen molar-refractivity contribution < 1.29 is 8.78 Å². The SMILES string of the molecule is Cc1ncc(N(CCCl)CC(F)F)nc1C. The number of halogens is 3. The zero-order valence-corrected chi connectivity index (χ0v) is 10.0. The molecule has 0 aliphatic carbocycles. The highest BCUT2D eigenvalue weighted by Crippen LogP contribution is 2.13. The zero-order valence-electron chi connectivity index (χ0n) is 9.25. The van der Waals surface area contributed by atoms with Gasteiger partial charge in [-0.1, -0.05) is 0 Å². The molecule has 0 aromatic carbocycles. The maximum absolute atomic E-state index is 12.3. The molecule has 3 nitrogen and oxygen atoms in total. The van der Waals surface area contributed by atoms with Gasteiger partial charge in [-0.05, 0) is 13.8 Å². The number of hydrogen-bond acceptors (Lipinski definition) is 3. The second-order valence-corrected chi connectivity index (χ2v) is 3.80. The lowest BCUT2D eigenvalue weighted by Crippen LogP contribution is -2.31. The minimum Gasteiger partial charge on any atom is -0.348 e. The van der Waals surface area contributed by atoms with E-state index in [1.807, 2.05) is 6.92 Å². The number of nitrogens with zero attached hydrogens (tertiary/aromatic N) is 3. The van der Waals surface area contributed by atoms with Gasteiger partial charge in [0.1, 0.15) is 5.82 Å². The molecule has 1 heterocycles. The summed E-state index contributed by atoms with van der Waals surface area (Å²) in [4.78, 5) is 9.75. The third kappa shape index (κ3) is 3.56. The summed E-state index contributed by atoms with van der Waals surface area (Å²) in [6.07, 6.45) is -0.913. The van der Waals surface area contributed by atoms with Gasteiger partial charge in [-0.3, -0.25) is 4.98 Å². The fourth-order valence-corrected chi connectivity index (χ4v) is 1.45. The first-order valence-electron chi connectivity index (χ1n) is 4.94. The number of rotatable bonds is 5. The van der Waals surface area contributed by atoms with Crippen LogP contribution >= 0.6 is 11.6 Å². The molecule has 6 heteroatoms. The molecule has 0 radical (unpaired) electrons. The Morgan fingerprint density at radius 1 is 1.38 bits per heavy atom. The van der Waals surface area contributed by atoms with Crippen molar-refractivity contribution in [3.63, 3.8) is 0 Å². The largest absolute Gasteiger partial charge is 0.348 e. The first kappa shape index (κ1) is 13.1. The van der Waals surface area contributed by atoms with Crippen LogP contribution in [0.1, 0.15) is 11.4 Å². The van der Waals surface area contributed by atoms with Gasteiger partial charge in [-0.25, -0.2) is 13.8 Å². The Morgan fingerprint density at radius 3 is 2.56 bits per heavy atom. The van der Waals surface area contributed by atoms with Crippen LogP contribution in [0.5, 0.6) is 0 Å². The van der Waals surface area contributed by atoms with E-state index < -0.39 is 6.43 Å². The highest BCUT2D eigenvalue weighted by Gasteiger charge is 2.14. The molecule has 1 aromatic rings. The smallest absolute Gasteiger partial charge is 0.255 e. The Labute approximate surface area is 98.5 Å². The van der Waals surface area contributed by atoms with Gasteiger partial charge in [-0.2, -0.15) is 0 Å². The number of aromatic nitrogens is 2. The Morgan fingerprint density at radius 2 is 2.06 bits per heavy atom. The molecule has 0 N–H and O–H groups in total. The zero-order chi connectivity index (χ0) is 12.1. The molecule has 0 amide bonds. The quantitative estimate of drug-likeness (QED) is 0.751. The van der Waals surface area contributed by atoms with Crippen LogP contribution in [0.3, 0.4) is 0 Å². The topological polar surface area (TPSA) is 29.0 Å². The molecule has 0 fully saturated rings. The van der Waals surface area contributed by atoms with Crippen molar-refractivity contribution in [1.82, 2.24) is 9.97 Å². The number of aryl methyl sites for hydroxylation is 2. The second-order valence-electron chi connectivity index (χ2n) is 3.43. The van der Waals surface area contributed by atoms with Crippen LogP contribution in [0.15, 0.2) is 6.20 Å².